The third kappa shape index (κ3) is 4.65. The van der Waals surface area contributed by atoms with Gasteiger partial charge in [0.2, 0.25) is 5.78 Å². The molecular weight excluding hydrogens is 540 g/mol. The fourth-order valence-corrected chi connectivity index (χ4v) is 5.74. The Morgan fingerprint density at radius 1 is 1.11 bits per heavy atom. The summed E-state index contributed by atoms with van der Waals surface area (Å²) in [5.41, 5.74) is -1.19. The number of pyridine rings is 2. The molecule has 3 heterocycles. The number of carbonyl (C=O) groups excluding carboxylic acids is 1. The molecule has 0 atom stereocenters. The minimum Gasteiger partial charge on any atom is -0.346 e. The van der Waals surface area contributed by atoms with Crippen LogP contribution < -0.4 is 4.31 Å². The van der Waals surface area contributed by atoms with E-state index in [4.69, 9.17) is 23.2 Å². The zero-order chi connectivity index (χ0) is 26.3. The van der Waals surface area contributed by atoms with Crippen LogP contribution in [0, 0.1) is 0 Å². The summed E-state index contributed by atoms with van der Waals surface area (Å²) in [7, 11) is -4.56. The Balaban J connectivity index is 1.88. The Morgan fingerprint density at radius 2 is 1.86 bits per heavy atom. The highest BCUT2D eigenvalue weighted by Gasteiger charge is 2.36. The van der Waals surface area contributed by atoms with Crippen LogP contribution in [0.15, 0.2) is 59.9 Å². The smallest absolute Gasteiger partial charge is 0.346 e. The van der Waals surface area contributed by atoms with Crippen molar-refractivity contribution in [2.75, 3.05) is 10.8 Å². The van der Waals surface area contributed by atoms with Crippen molar-refractivity contribution in [3.8, 4) is 0 Å². The standard InChI is InChI=1S/C23H17Cl2F3N4O3S/c1-2-10-32(36(34,35)13-5-6-16(24)15(11-13)23(26,27)28)18-4-3-8-29-20(18)21(33)19-14-7-9-30-22(14)31-12-17(19)25/h3-9,11-12H,2,10H2,1H3,(H,30,31). The Morgan fingerprint density at radius 3 is 2.56 bits per heavy atom. The van der Waals surface area contributed by atoms with Crippen molar-refractivity contribution in [1.82, 2.24) is 15.0 Å². The van der Waals surface area contributed by atoms with Gasteiger partial charge in [-0.15, -0.1) is 0 Å². The molecule has 13 heteroatoms. The lowest BCUT2D eigenvalue weighted by atomic mass is 10.0. The molecule has 0 aliphatic rings. The molecule has 36 heavy (non-hydrogen) atoms. The number of hydrogen-bond acceptors (Lipinski definition) is 5. The van der Waals surface area contributed by atoms with Crippen LogP contribution in [0.1, 0.15) is 35.0 Å². The first-order valence-corrected chi connectivity index (χ1v) is 12.7. The van der Waals surface area contributed by atoms with Crippen molar-refractivity contribution < 1.29 is 26.4 Å². The molecule has 7 nitrogen and oxygen atoms in total. The quantitative estimate of drug-likeness (QED) is 0.276. The molecule has 4 aromatic rings. The summed E-state index contributed by atoms with van der Waals surface area (Å²) >= 11 is 12.0. The van der Waals surface area contributed by atoms with E-state index in [0.29, 0.717) is 23.5 Å². The third-order valence-corrected chi connectivity index (χ3v) is 7.72. The van der Waals surface area contributed by atoms with Crippen LogP contribution in [-0.2, 0) is 16.2 Å². The lowest BCUT2D eigenvalue weighted by Gasteiger charge is -2.26. The molecular formula is C23H17Cl2F3N4O3S. The topological polar surface area (TPSA) is 96.0 Å². The number of halogens is 5. The number of aromatic nitrogens is 3. The highest BCUT2D eigenvalue weighted by molar-refractivity contribution is 7.92. The first-order chi connectivity index (χ1) is 17.0. The first kappa shape index (κ1) is 25.9. The van der Waals surface area contributed by atoms with Gasteiger partial charge in [-0.3, -0.25) is 14.1 Å². The van der Waals surface area contributed by atoms with E-state index in [1.807, 2.05) is 0 Å². The summed E-state index contributed by atoms with van der Waals surface area (Å²) in [6.07, 6.45) is -0.423. The number of alkyl halides is 3. The Bertz CT molecular complexity index is 1570. The van der Waals surface area contributed by atoms with Crippen LogP contribution in [0.25, 0.3) is 11.0 Å². The number of nitrogens with zero attached hydrogens (tertiary/aromatic N) is 3. The van der Waals surface area contributed by atoms with Gasteiger partial charge in [0.05, 0.1) is 31.8 Å². The number of fused-ring (bicyclic) bond motifs is 1. The zero-order valence-electron chi connectivity index (χ0n) is 18.5. The van der Waals surface area contributed by atoms with Crippen LogP contribution in [0.2, 0.25) is 10.0 Å². The summed E-state index contributed by atoms with van der Waals surface area (Å²) in [5, 5.41) is -0.203. The van der Waals surface area contributed by atoms with Crippen LogP contribution in [0.3, 0.4) is 0 Å². The minimum absolute atomic E-state index is 0.0288. The number of H-pyrrole nitrogens is 1. The number of hydrogen-bond donors (Lipinski definition) is 1. The number of anilines is 1. The number of nitrogens with one attached hydrogen (secondary N) is 1. The van der Waals surface area contributed by atoms with Crippen LogP contribution >= 0.6 is 23.2 Å². The molecule has 1 N–H and O–H groups in total. The second kappa shape index (κ2) is 9.72. The van der Waals surface area contributed by atoms with Gasteiger partial charge in [0.1, 0.15) is 11.3 Å². The summed E-state index contributed by atoms with van der Waals surface area (Å²) in [4.78, 5) is 24.1. The number of aromatic amines is 1. The Kier molecular flexibility index (Phi) is 7.00. The molecule has 0 amide bonds. The summed E-state index contributed by atoms with van der Waals surface area (Å²) in [6.45, 7) is 1.55. The van der Waals surface area contributed by atoms with Crippen LogP contribution in [0.5, 0.6) is 0 Å². The van der Waals surface area contributed by atoms with E-state index in [-0.39, 0.29) is 28.5 Å². The van der Waals surface area contributed by atoms with Gasteiger partial charge in [0, 0.05) is 30.5 Å². The van der Waals surface area contributed by atoms with Crippen molar-refractivity contribution in [2.45, 2.75) is 24.4 Å². The minimum atomic E-state index is -4.87. The molecule has 0 radical (unpaired) electrons. The third-order valence-electron chi connectivity index (χ3n) is 5.30. The maximum Gasteiger partial charge on any atom is 0.417 e. The molecule has 0 aliphatic heterocycles. The summed E-state index contributed by atoms with van der Waals surface area (Å²) in [5.74, 6) is -0.675. The van der Waals surface area contributed by atoms with Gasteiger partial charge in [-0.05, 0) is 42.8 Å². The van der Waals surface area contributed by atoms with E-state index in [1.54, 1.807) is 19.2 Å². The zero-order valence-corrected chi connectivity index (χ0v) is 20.8. The average Bonchev–Trinajstić information content (AvgIpc) is 3.30. The highest BCUT2D eigenvalue weighted by atomic mass is 35.5. The van der Waals surface area contributed by atoms with E-state index >= 15 is 0 Å². The number of ketones is 1. The van der Waals surface area contributed by atoms with E-state index in [2.05, 4.69) is 15.0 Å². The lowest BCUT2D eigenvalue weighted by Crippen LogP contribution is -2.33. The number of sulfonamides is 1. The molecule has 3 aromatic heterocycles. The maximum absolute atomic E-state index is 13.6. The molecule has 0 unspecified atom stereocenters. The van der Waals surface area contributed by atoms with Gasteiger partial charge in [-0.1, -0.05) is 30.1 Å². The number of carbonyl (C=O) groups is 1. The predicted octanol–water partition coefficient (Wildman–Crippen LogP) is 6.12. The van der Waals surface area contributed by atoms with Crippen LogP contribution in [0.4, 0.5) is 18.9 Å². The van der Waals surface area contributed by atoms with Crippen molar-refractivity contribution in [2.24, 2.45) is 0 Å². The van der Waals surface area contributed by atoms with Gasteiger partial charge < -0.3 is 4.98 Å². The van der Waals surface area contributed by atoms with Gasteiger partial charge in [-0.2, -0.15) is 13.2 Å². The monoisotopic (exact) mass is 556 g/mol. The van der Waals surface area contributed by atoms with Crippen molar-refractivity contribution in [3.05, 3.63) is 81.9 Å². The maximum atomic E-state index is 13.6. The molecule has 0 spiro atoms. The van der Waals surface area contributed by atoms with E-state index in [0.717, 1.165) is 16.4 Å². The fourth-order valence-electron chi connectivity index (χ4n) is 3.69. The average molecular weight is 557 g/mol. The van der Waals surface area contributed by atoms with Gasteiger partial charge in [0.15, 0.2) is 0 Å². The van der Waals surface area contributed by atoms with Gasteiger partial charge >= 0.3 is 6.18 Å². The van der Waals surface area contributed by atoms with Crippen molar-refractivity contribution in [1.29, 1.82) is 0 Å². The number of rotatable bonds is 7. The second-order valence-electron chi connectivity index (χ2n) is 7.64. The lowest BCUT2D eigenvalue weighted by molar-refractivity contribution is -0.137. The van der Waals surface area contributed by atoms with E-state index in [1.165, 1.54) is 24.5 Å². The predicted molar refractivity (Wildman–Crippen MR) is 130 cm³/mol. The molecule has 0 bridgehead atoms. The van der Waals surface area contributed by atoms with Crippen molar-refractivity contribution >= 4 is 55.7 Å². The fraction of sp³-hybridized carbons (Fsp3) is 0.174. The molecule has 4 rings (SSSR count). The summed E-state index contributed by atoms with van der Waals surface area (Å²) in [6, 6.07) is 6.70. The Labute approximate surface area is 213 Å². The van der Waals surface area contributed by atoms with E-state index in [9.17, 15) is 26.4 Å². The van der Waals surface area contributed by atoms with Crippen LogP contribution in [-0.4, -0.2) is 35.7 Å². The SMILES string of the molecule is CCCN(c1cccnc1C(=O)c1c(Cl)cnc2[nH]ccc12)S(=O)(=O)c1ccc(Cl)c(C(F)(F)F)c1. The highest BCUT2D eigenvalue weighted by Crippen LogP contribution is 2.37. The molecule has 188 valence electrons. The summed E-state index contributed by atoms with van der Waals surface area (Å²) < 4.78 is 68.3. The van der Waals surface area contributed by atoms with E-state index < -0.39 is 37.5 Å². The molecule has 0 fully saturated rings. The molecule has 0 aliphatic carbocycles. The van der Waals surface area contributed by atoms with Crippen molar-refractivity contribution in [3.63, 3.8) is 0 Å². The largest absolute Gasteiger partial charge is 0.417 e. The van der Waals surface area contributed by atoms with Gasteiger partial charge in [-0.25, -0.2) is 13.4 Å². The molecule has 0 saturated heterocycles. The second-order valence-corrected chi connectivity index (χ2v) is 10.3. The molecule has 0 saturated carbocycles. The first-order valence-electron chi connectivity index (χ1n) is 10.5. The number of benzene rings is 1. The normalized spacial score (nSPS) is 12.2. The Hall–Kier alpha value is -3.15. The molecule has 1 aromatic carbocycles. The van der Waals surface area contributed by atoms with Gasteiger partial charge in [0.25, 0.3) is 10.0 Å².